The average Bonchev–Trinajstić information content (AvgIpc) is 3.04. The van der Waals surface area contributed by atoms with E-state index in [1.54, 1.807) is 18.2 Å². The van der Waals surface area contributed by atoms with Gasteiger partial charge in [-0.15, -0.1) is 0 Å². The van der Waals surface area contributed by atoms with Crippen LogP contribution in [0.5, 0.6) is 11.5 Å². The highest BCUT2D eigenvalue weighted by atomic mass is 19.1. The third-order valence-electron chi connectivity index (χ3n) is 5.35. The molecule has 168 valence electrons. The van der Waals surface area contributed by atoms with Crippen LogP contribution < -0.4 is 4.74 Å². The normalized spacial score (nSPS) is 11.0. The first-order valence-corrected chi connectivity index (χ1v) is 10.2. The molecule has 2 N–H and O–H groups in total. The molecule has 0 aliphatic carbocycles. The van der Waals surface area contributed by atoms with E-state index in [1.807, 2.05) is 30.5 Å². The molecular weight excluding hydrogens is 427 g/mol. The Morgan fingerprint density at radius 1 is 1.06 bits per heavy atom. The van der Waals surface area contributed by atoms with Crippen LogP contribution in [0, 0.1) is 19.7 Å². The molecule has 0 aliphatic rings. The maximum Gasteiger partial charge on any atom is 0.341 e. The van der Waals surface area contributed by atoms with Gasteiger partial charge < -0.3 is 19.5 Å². The fourth-order valence-corrected chi connectivity index (χ4v) is 3.75. The van der Waals surface area contributed by atoms with E-state index in [0.29, 0.717) is 33.4 Å². The Labute approximate surface area is 188 Å². The van der Waals surface area contributed by atoms with Crippen LogP contribution in [0.15, 0.2) is 54.6 Å². The minimum atomic E-state index is -1.20. The van der Waals surface area contributed by atoms with Gasteiger partial charge in [0.15, 0.2) is 24.0 Å². The number of hydrogen-bond acceptors (Lipinski definition) is 5. The lowest BCUT2D eigenvalue weighted by molar-refractivity contribution is -0.139. The second-order valence-electron chi connectivity index (χ2n) is 7.69. The number of carbonyl (C=O) groups excluding carboxylic acids is 1. The second kappa shape index (κ2) is 8.74. The highest BCUT2D eigenvalue weighted by Gasteiger charge is 2.22. The molecule has 2 aromatic heterocycles. The number of ether oxygens (including phenoxy) is 1. The number of halogens is 1. The smallest absolute Gasteiger partial charge is 0.341 e. The van der Waals surface area contributed by atoms with Gasteiger partial charge in [-0.25, -0.2) is 14.2 Å². The summed E-state index contributed by atoms with van der Waals surface area (Å²) in [7, 11) is 0. The van der Waals surface area contributed by atoms with Crippen LogP contribution in [-0.2, 0) is 11.3 Å². The molecule has 0 radical (unpaired) electrons. The van der Waals surface area contributed by atoms with Crippen LogP contribution in [0.3, 0.4) is 0 Å². The second-order valence-corrected chi connectivity index (χ2v) is 7.69. The van der Waals surface area contributed by atoms with Gasteiger partial charge >= 0.3 is 5.97 Å². The largest absolute Gasteiger partial charge is 0.508 e. The number of rotatable bonds is 7. The summed E-state index contributed by atoms with van der Waals surface area (Å²) in [4.78, 5) is 28.8. The highest BCUT2D eigenvalue weighted by molar-refractivity contribution is 6.17. The fraction of sp³-hybridized carbons (Fsp3) is 0.160. The molecule has 0 amide bonds. The number of nitrogens with zero attached hydrogens (tertiary/aromatic N) is 2. The predicted octanol–water partition coefficient (Wildman–Crippen LogP) is 4.24. The van der Waals surface area contributed by atoms with Crippen LogP contribution in [0.25, 0.3) is 11.0 Å². The first-order valence-electron chi connectivity index (χ1n) is 10.2. The predicted molar refractivity (Wildman–Crippen MR) is 119 cm³/mol. The number of aromatic nitrogens is 2. The number of pyridine rings is 1. The molecule has 0 spiro atoms. The fourth-order valence-electron chi connectivity index (χ4n) is 3.75. The van der Waals surface area contributed by atoms with E-state index in [9.17, 15) is 19.1 Å². The minimum Gasteiger partial charge on any atom is -0.508 e. The van der Waals surface area contributed by atoms with Crippen LogP contribution >= 0.6 is 0 Å². The van der Waals surface area contributed by atoms with Crippen molar-refractivity contribution in [2.24, 2.45) is 0 Å². The topological polar surface area (TPSA) is 102 Å². The molecule has 2 aromatic carbocycles. The third-order valence-corrected chi connectivity index (χ3v) is 5.35. The summed E-state index contributed by atoms with van der Waals surface area (Å²) >= 11 is 0. The first kappa shape index (κ1) is 22.0. The Kier molecular flexibility index (Phi) is 5.83. The van der Waals surface area contributed by atoms with Crippen molar-refractivity contribution in [2.75, 3.05) is 6.61 Å². The lowest BCUT2D eigenvalue weighted by Gasteiger charge is -2.11. The summed E-state index contributed by atoms with van der Waals surface area (Å²) in [6, 6.07) is 14.0. The molecule has 4 rings (SSSR count). The van der Waals surface area contributed by atoms with E-state index in [0.717, 1.165) is 5.69 Å². The van der Waals surface area contributed by atoms with Gasteiger partial charge in [-0.2, -0.15) is 0 Å². The summed E-state index contributed by atoms with van der Waals surface area (Å²) < 4.78 is 21.0. The minimum absolute atomic E-state index is 0.0697. The molecule has 0 atom stereocenters. The van der Waals surface area contributed by atoms with Crippen molar-refractivity contribution in [1.82, 2.24) is 9.55 Å². The van der Waals surface area contributed by atoms with E-state index in [2.05, 4.69) is 4.98 Å². The lowest BCUT2D eigenvalue weighted by Crippen LogP contribution is -2.11. The molecule has 0 saturated heterocycles. The molecule has 8 heteroatoms. The van der Waals surface area contributed by atoms with Crippen LogP contribution in [0.1, 0.15) is 32.9 Å². The van der Waals surface area contributed by atoms with E-state index in [4.69, 9.17) is 9.84 Å². The van der Waals surface area contributed by atoms with Crippen LogP contribution in [-0.4, -0.2) is 38.1 Å². The molecule has 4 aromatic rings. The van der Waals surface area contributed by atoms with E-state index >= 15 is 0 Å². The Morgan fingerprint density at radius 3 is 2.48 bits per heavy atom. The van der Waals surface area contributed by atoms with E-state index < -0.39 is 18.4 Å². The van der Waals surface area contributed by atoms with Gasteiger partial charge in [0.25, 0.3) is 0 Å². The SMILES string of the molecule is Cc1ccc2c(C(=O)c3ccc(O)cc3)c(C)n(Cc3ccc(F)c(OCC(=O)O)c3)c2n1. The third kappa shape index (κ3) is 4.41. The summed E-state index contributed by atoms with van der Waals surface area (Å²) in [5, 5.41) is 19.0. The van der Waals surface area contributed by atoms with Gasteiger partial charge in [0.05, 0.1) is 5.56 Å². The van der Waals surface area contributed by atoms with Crippen molar-refractivity contribution >= 4 is 22.8 Å². The quantitative estimate of drug-likeness (QED) is 0.410. The zero-order chi connectivity index (χ0) is 23.7. The Balaban J connectivity index is 1.79. The number of aliphatic carboxylic acids is 1. The molecule has 0 unspecified atom stereocenters. The maximum absolute atomic E-state index is 14.1. The number of carbonyl (C=O) groups is 2. The van der Waals surface area contributed by atoms with Gasteiger partial charge in [0.1, 0.15) is 11.4 Å². The number of ketones is 1. The van der Waals surface area contributed by atoms with E-state index in [-0.39, 0.29) is 23.8 Å². The Hall–Kier alpha value is -4.20. The molecule has 0 saturated carbocycles. The van der Waals surface area contributed by atoms with Crippen LogP contribution in [0.4, 0.5) is 4.39 Å². The lowest BCUT2D eigenvalue weighted by atomic mass is 10.0. The first-order chi connectivity index (χ1) is 15.7. The van der Waals surface area contributed by atoms with Gasteiger partial charge in [-0.05, 0) is 67.9 Å². The number of phenols is 1. The Bertz CT molecular complexity index is 1380. The number of hydrogen-bond donors (Lipinski definition) is 2. The van der Waals surface area contributed by atoms with Crippen molar-refractivity contribution in [3.63, 3.8) is 0 Å². The number of benzene rings is 2. The van der Waals surface area contributed by atoms with Gasteiger partial charge in [-0.1, -0.05) is 6.07 Å². The number of aryl methyl sites for hydroxylation is 1. The molecule has 0 bridgehead atoms. The zero-order valence-corrected chi connectivity index (χ0v) is 18.0. The number of carboxylic acids is 1. The summed E-state index contributed by atoms with van der Waals surface area (Å²) in [5.74, 6) is -2.16. The van der Waals surface area contributed by atoms with Gasteiger partial charge in [0.2, 0.25) is 0 Å². The van der Waals surface area contributed by atoms with Crippen molar-refractivity contribution in [1.29, 1.82) is 0 Å². The maximum atomic E-state index is 14.1. The number of aromatic hydroxyl groups is 1. The molecule has 7 nitrogen and oxygen atoms in total. The summed E-state index contributed by atoms with van der Waals surface area (Å²) in [5.41, 5.74) is 3.64. The van der Waals surface area contributed by atoms with Crippen molar-refractivity contribution in [2.45, 2.75) is 20.4 Å². The molecular formula is C25H21FN2O5. The molecule has 0 fully saturated rings. The van der Waals surface area contributed by atoms with Gasteiger partial charge in [-0.3, -0.25) is 4.79 Å². The number of phenolic OH excluding ortho intramolecular Hbond substituents is 1. The zero-order valence-electron chi connectivity index (χ0n) is 18.0. The van der Waals surface area contributed by atoms with Gasteiger partial charge in [0, 0.05) is 28.9 Å². The van der Waals surface area contributed by atoms with Crippen molar-refractivity contribution in [3.05, 3.63) is 88.5 Å². The highest BCUT2D eigenvalue weighted by Crippen LogP contribution is 2.29. The molecule has 2 heterocycles. The Morgan fingerprint density at radius 2 is 1.79 bits per heavy atom. The standard InChI is InChI=1S/C25H21FN2O5/c1-14-3-9-19-23(24(32)17-5-7-18(29)8-6-17)15(2)28(25(19)27-14)12-16-4-10-20(26)21(11-16)33-13-22(30)31/h3-11,29H,12-13H2,1-2H3,(H,30,31). The monoisotopic (exact) mass is 448 g/mol. The summed E-state index contributed by atoms with van der Waals surface area (Å²) in [6.07, 6.45) is 0. The van der Waals surface area contributed by atoms with E-state index in [1.165, 1.54) is 24.3 Å². The number of fused-ring (bicyclic) bond motifs is 1. The number of carboxylic acid groups (broad SMARTS) is 1. The molecule has 0 aliphatic heterocycles. The average molecular weight is 448 g/mol. The summed E-state index contributed by atoms with van der Waals surface area (Å²) in [6.45, 7) is 3.28. The van der Waals surface area contributed by atoms with Crippen molar-refractivity contribution < 1.29 is 28.9 Å². The molecule has 33 heavy (non-hydrogen) atoms. The van der Waals surface area contributed by atoms with Crippen LogP contribution in [0.2, 0.25) is 0 Å². The van der Waals surface area contributed by atoms with Crippen molar-refractivity contribution in [3.8, 4) is 11.5 Å².